The molecule has 3 nitrogen and oxygen atoms in total. The van der Waals surface area contributed by atoms with Gasteiger partial charge in [-0.15, -0.1) is 0 Å². The standard InChI is InChI=1S/C10H6N2O/c13-10-5-7-6-3-4-11-8(6)1-2-9(7)12-10/h1-5,11H. The third-order valence-corrected chi connectivity index (χ3v) is 2.25. The van der Waals surface area contributed by atoms with Gasteiger partial charge in [-0.25, -0.2) is 4.99 Å². The van der Waals surface area contributed by atoms with Crippen molar-refractivity contribution in [1.29, 1.82) is 0 Å². The molecule has 0 bridgehead atoms. The average Bonchev–Trinajstić information content (AvgIpc) is 2.65. The number of rotatable bonds is 0. The number of hydrogen-bond donors (Lipinski definition) is 1. The first-order chi connectivity index (χ1) is 6.34. The molecule has 0 saturated heterocycles. The van der Waals surface area contributed by atoms with Crippen molar-refractivity contribution in [1.82, 2.24) is 4.98 Å². The molecule has 0 spiro atoms. The minimum absolute atomic E-state index is 0.163. The maximum Gasteiger partial charge on any atom is 0.270 e. The highest BCUT2D eigenvalue weighted by molar-refractivity contribution is 6.08. The minimum atomic E-state index is -0.163. The van der Waals surface area contributed by atoms with Gasteiger partial charge in [-0.3, -0.25) is 4.79 Å². The largest absolute Gasteiger partial charge is 0.361 e. The van der Waals surface area contributed by atoms with E-state index in [1.165, 1.54) is 0 Å². The first-order valence-corrected chi connectivity index (χ1v) is 4.05. The summed E-state index contributed by atoms with van der Waals surface area (Å²) >= 11 is 0. The lowest BCUT2D eigenvalue weighted by Gasteiger charge is -1.87. The molecule has 0 aliphatic carbocycles. The Hall–Kier alpha value is -1.90. The molecule has 0 saturated carbocycles. The molecule has 3 heteroatoms. The summed E-state index contributed by atoms with van der Waals surface area (Å²) in [5.74, 6) is -0.163. The normalized spacial score (nSPS) is 14.0. The molecular formula is C10H6N2O. The van der Waals surface area contributed by atoms with Gasteiger partial charge in [0.1, 0.15) is 0 Å². The highest BCUT2D eigenvalue weighted by Gasteiger charge is 2.06. The maximum absolute atomic E-state index is 11.0. The molecule has 1 aromatic carbocycles. The van der Waals surface area contributed by atoms with Crippen LogP contribution in [0.1, 0.15) is 0 Å². The Morgan fingerprint density at radius 2 is 2.15 bits per heavy atom. The number of hydrogen-bond acceptors (Lipinski definition) is 1. The quantitative estimate of drug-likeness (QED) is 0.599. The number of nitrogens with zero attached hydrogens (tertiary/aromatic N) is 1. The molecule has 3 rings (SSSR count). The fourth-order valence-corrected chi connectivity index (χ4v) is 1.67. The van der Waals surface area contributed by atoms with E-state index >= 15 is 0 Å². The Kier molecular flexibility index (Phi) is 1.05. The van der Waals surface area contributed by atoms with Gasteiger partial charge < -0.3 is 4.98 Å². The van der Waals surface area contributed by atoms with Crippen molar-refractivity contribution in [3.63, 3.8) is 0 Å². The zero-order valence-corrected chi connectivity index (χ0v) is 6.74. The second kappa shape index (κ2) is 2.07. The topological polar surface area (TPSA) is 45.2 Å². The van der Waals surface area contributed by atoms with Crippen LogP contribution in [-0.4, -0.2) is 10.9 Å². The maximum atomic E-state index is 11.0. The number of benzene rings is 1. The van der Waals surface area contributed by atoms with Crippen molar-refractivity contribution in [2.75, 3.05) is 0 Å². The average molecular weight is 170 g/mol. The summed E-state index contributed by atoms with van der Waals surface area (Å²) in [4.78, 5) is 18.0. The minimum Gasteiger partial charge on any atom is -0.361 e. The lowest BCUT2D eigenvalue weighted by Crippen LogP contribution is -2.21. The van der Waals surface area contributed by atoms with E-state index in [0.29, 0.717) is 0 Å². The Labute approximate surface area is 73.4 Å². The Morgan fingerprint density at radius 3 is 3.08 bits per heavy atom. The summed E-state index contributed by atoms with van der Waals surface area (Å²) in [6, 6.07) is 5.75. The van der Waals surface area contributed by atoms with E-state index in [4.69, 9.17) is 0 Å². The number of amides is 1. The lowest BCUT2D eigenvalue weighted by atomic mass is 10.2. The van der Waals surface area contributed by atoms with Gasteiger partial charge in [-0.05, 0) is 18.2 Å². The summed E-state index contributed by atoms with van der Waals surface area (Å²) in [7, 11) is 0. The van der Waals surface area contributed by atoms with Crippen LogP contribution >= 0.6 is 0 Å². The van der Waals surface area contributed by atoms with E-state index in [-0.39, 0.29) is 5.91 Å². The van der Waals surface area contributed by atoms with E-state index in [1.807, 2.05) is 24.4 Å². The number of aromatic amines is 1. The Balaban J connectivity index is 2.69. The number of nitrogens with one attached hydrogen (secondary N) is 1. The fourth-order valence-electron chi connectivity index (χ4n) is 1.67. The highest BCUT2D eigenvalue weighted by Crippen LogP contribution is 2.04. The summed E-state index contributed by atoms with van der Waals surface area (Å²) in [6.45, 7) is 0. The van der Waals surface area contributed by atoms with Crippen molar-refractivity contribution in [2.45, 2.75) is 0 Å². The van der Waals surface area contributed by atoms with E-state index < -0.39 is 0 Å². The van der Waals surface area contributed by atoms with Gasteiger partial charge in [0.2, 0.25) is 0 Å². The molecule has 1 aliphatic heterocycles. The van der Waals surface area contributed by atoms with Crippen molar-refractivity contribution >= 4 is 22.9 Å². The predicted octanol–water partition coefficient (Wildman–Crippen LogP) is 0.108. The summed E-state index contributed by atoms with van der Waals surface area (Å²) in [6.07, 6.45) is 3.44. The zero-order valence-electron chi connectivity index (χ0n) is 6.74. The summed E-state index contributed by atoms with van der Waals surface area (Å²) < 4.78 is 0. The van der Waals surface area contributed by atoms with Crippen molar-refractivity contribution in [3.8, 4) is 0 Å². The molecule has 0 unspecified atom stereocenters. The van der Waals surface area contributed by atoms with Crippen LogP contribution in [0.3, 0.4) is 0 Å². The molecular weight excluding hydrogens is 164 g/mol. The van der Waals surface area contributed by atoms with Crippen LogP contribution in [0.2, 0.25) is 0 Å². The molecule has 2 aromatic rings. The third-order valence-electron chi connectivity index (χ3n) is 2.25. The van der Waals surface area contributed by atoms with Crippen molar-refractivity contribution in [3.05, 3.63) is 35.0 Å². The van der Waals surface area contributed by atoms with Crippen LogP contribution in [0.4, 0.5) is 0 Å². The molecule has 1 aromatic heterocycles. The second-order valence-corrected chi connectivity index (χ2v) is 3.03. The first-order valence-electron chi connectivity index (χ1n) is 4.05. The van der Waals surface area contributed by atoms with E-state index in [9.17, 15) is 4.79 Å². The Morgan fingerprint density at radius 1 is 1.23 bits per heavy atom. The van der Waals surface area contributed by atoms with Crippen LogP contribution in [0.15, 0.2) is 29.4 Å². The second-order valence-electron chi connectivity index (χ2n) is 3.03. The monoisotopic (exact) mass is 170 g/mol. The van der Waals surface area contributed by atoms with Crippen LogP contribution in [0.25, 0.3) is 17.0 Å². The van der Waals surface area contributed by atoms with Crippen LogP contribution < -0.4 is 10.6 Å². The van der Waals surface area contributed by atoms with Gasteiger partial charge in [0.15, 0.2) is 0 Å². The van der Waals surface area contributed by atoms with Gasteiger partial charge in [0, 0.05) is 28.4 Å². The molecule has 0 atom stereocenters. The number of fused-ring (bicyclic) bond motifs is 3. The van der Waals surface area contributed by atoms with Gasteiger partial charge in [-0.1, -0.05) is 0 Å². The van der Waals surface area contributed by atoms with Gasteiger partial charge in [0.05, 0.1) is 5.36 Å². The number of aromatic nitrogens is 1. The van der Waals surface area contributed by atoms with Crippen LogP contribution in [0, 0.1) is 0 Å². The first kappa shape index (κ1) is 6.60. The van der Waals surface area contributed by atoms with Crippen molar-refractivity contribution < 1.29 is 4.79 Å². The molecule has 1 aliphatic rings. The molecule has 62 valence electrons. The van der Waals surface area contributed by atoms with Crippen LogP contribution in [0.5, 0.6) is 0 Å². The molecule has 1 N–H and O–H groups in total. The van der Waals surface area contributed by atoms with Gasteiger partial charge >= 0.3 is 0 Å². The summed E-state index contributed by atoms with van der Waals surface area (Å²) in [5, 5.41) is 2.77. The molecule has 2 heterocycles. The van der Waals surface area contributed by atoms with E-state index in [0.717, 1.165) is 21.5 Å². The van der Waals surface area contributed by atoms with Gasteiger partial charge in [0.25, 0.3) is 5.91 Å². The van der Waals surface area contributed by atoms with E-state index in [2.05, 4.69) is 9.98 Å². The fraction of sp³-hybridized carbons (Fsp3) is 0. The zero-order chi connectivity index (χ0) is 8.84. The smallest absolute Gasteiger partial charge is 0.270 e. The Bertz CT molecular complexity index is 622. The van der Waals surface area contributed by atoms with E-state index in [1.54, 1.807) is 6.08 Å². The van der Waals surface area contributed by atoms with Gasteiger partial charge in [-0.2, -0.15) is 0 Å². The molecule has 0 radical (unpaired) electrons. The number of carbonyl (C=O) groups excluding carboxylic acids is 1. The number of H-pyrrole nitrogens is 1. The highest BCUT2D eigenvalue weighted by atomic mass is 16.1. The van der Waals surface area contributed by atoms with Crippen LogP contribution in [-0.2, 0) is 4.79 Å². The lowest BCUT2D eigenvalue weighted by molar-refractivity contribution is -0.112. The van der Waals surface area contributed by atoms with Crippen molar-refractivity contribution in [2.24, 2.45) is 4.99 Å². The number of carbonyl (C=O) groups is 1. The molecule has 1 amide bonds. The molecule has 13 heavy (non-hydrogen) atoms. The third kappa shape index (κ3) is 0.783. The molecule has 0 fully saturated rings. The SMILES string of the molecule is O=C1C=c2c(ccc3[nH]ccc23)=N1. The predicted molar refractivity (Wildman–Crippen MR) is 48.6 cm³/mol. The summed E-state index contributed by atoms with van der Waals surface area (Å²) in [5.41, 5.74) is 1.04.